The molecule has 2 heterocycles. The Kier molecular flexibility index (Phi) is 3.97. The maximum Gasteiger partial charge on any atom is 0.340 e. The highest BCUT2D eigenvalue weighted by Gasteiger charge is 2.23. The summed E-state index contributed by atoms with van der Waals surface area (Å²) in [7, 11) is -3.93. The molecule has 1 aromatic carbocycles. The first-order valence-electron chi connectivity index (χ1n) is 6.70. The van der Waals surface area contributed by atoms with Crippen molar-refractivity contribution in [3.63, 3.8) is 0 Å². The van der Waals surface area contributed by atoms with Crippen LogP contribution in [0.2, 0.25) is 0 Å². The minimum absolute atomic E-state index is 0.0192. The number of aliphatic hydroxyl groups is 1. The Labute approximate surface area is 128 Å². The molecule has 1 aliphatic heterocycles. The molecule has 22 heavy (non-hydrogen) atoms. The third kappa shape index (κ3) is 3.03. The Balaban J connectivity index is 1.80. The van der Waals surface area contributed by atoms with Crippen LogP contribution in [-0.4, -0.2) is 37.9 Å². The molecule has 1 aliphatic rings. The van der Waals surface area contributed by atoms with E-state index >= 15 is 0 Å². The number of hydrogen-bond acceptors (Lipinski definition) is 7. The van der Waals surface area contributed by atoms with Gasteiger partial charge >= 0.3 is 10.1 Å². The summed E-state index contributed by atoms with van der Waals surface area (Å²) in [4.78, 5) is 5.59. The van der Waals surface area contributed by atoms with Gasteiger partial charge in [0.2, 0.25) is 5.88 Å². The summed E-state index contributed by atoms with van der Waals surface area (Å²) < 4.78 is 29.3. The smallest absolute Gasteiger partial charge is 0.340 e. The number of hydrogen-bond donors (Lipinski definition) is 2. The van der Waals surface area contributed by atoms with E-state index in [0.717, 1.165) is 5.69 Å². The van der Waals surface area contributed by atoms with Crippen molar-refractivity contribution in [2.75, 3.05) is 18.0 Å². The highest BCUT2D eigenvalue weighted by molar-refractivity contribution is 7.87. The lowest BCUT2D eigenvalue weighted by Crippen LogP contribution is -2.35. The van der Waals surface area contributed by atoms with E-state index in [1.54, 1.807) is 29.2 Å². The van der Waals surface area contributed by atoms with Gasteiger partial charge in [0.15, 0.2) is 6.35 Å². The van der Waals surface area contributed by atoms with E-state index in [4.69, 9.17) is 4.18 Å². The van der Waals surface area contributed by atoms with E-state index in [2.05, 4.69) is 10.3 Å². The van der Waals surface area contributed by atoms with Crippen LogP contribution in [-0.2, 0) is 10.1 Å². The zero-order valence-electron chi connectivity index (χ0n) is 11.6. The van der Waals surface area contributed by atoms with Gasteiger partial charge in [-0.05, 0) is 30.3 Å². The van der Waals surface area contributed by atoms with Crippen molar-refractivity contribution in [2.45, 2.75) is 11.2 Å². The summed E-state index contributed by atoms with van der Waals surface area (Å²) in [5, 5.41) is 12.6. The molecule has 0 saturated carbocycles. The fourth-order valence-corrected chi connectivity index (χ4v) is 3.07. The van der Waals surface area contributed by atoms with Gasteiger partial charge in [-0.1, -0.05) is 6.07 Å². The molecule has 1 unspecified atom stereocenters. The normalized spacial score (nSPS) is 18.4. The van der Waals surface area contributed by atoms with Crippen molar-refractivity contribution in [2.24, 2.45) is 0 Å². The highest BCUT2D eigenvalue weighted by atomic mass is 32.2. The predicted octanol–water partition coefficient (Wildman–Crippen LogP) is 0.535. The standard InChI is InChI=1S/C14H15N3O4S/c18-14-16-9-10-17(14)11-4-6-12(7-5-11)22(19,20)21-13-3-1-2-8-15-13/h1-8,14,16,18H,9-10H2. The van der Waals surface area contributed by atoms with Crippen LogP contribution in [0.15, 0.2) is 53.6 Å². The molecular weight excluding hydrogens is 306 g/mol. The Hall–Kier alpha value is -2.16. The van der Waals surface area contributed by atoms with E-state index in [0.29, 0.717) is 13.1 Å². The van der Waals surface area contributed by atoms with Crippen molar-refractivity contribution < 1.29 is 17.7 Å². The van der Waals surface area contributed by atoms with Gasteiger partial charge in [0.05, 0.1) is 0 Å². The van der Waals surface area contributed by atoms with Crippen LogP contribution in [0.4, 0.5) is 5.69 Å². The van der Waals surface area contributed by atoms with Crippen LogP contribution in [0.1, 0.15) is 0 Å². The Morgan fingerprint density at radius 3 is 2.59 bits per heavy atom. The number of pyridine rings is 1. The van der Waals surface area contributed by atoms with Crippen molar-refractivity contribution in [3.8, 4) is 5.88 Å². The summed E-state index contributed by atoms with van der Waals surface area (Å²) in [5.41, 5.74) is 0.731. The number of aromatic nitrogens is 1. The molecule has 0 bridgehead atoms. The summed E-state index contributed by atoms with van der Waals surface area (Å²) in [6.07, 6.45) is 0.697. The number of aliphatic hydroxyl groups excluding tert-OH is 1. The number of anilines is 1. The first kappa shape index (κ1) is 14.8. The van der Waals surface area contributed by atoms with Crippen molar-refractivity contribution in [1.82, 2.24) is 10.3 Å². The lowest BCUT2D eigenvalue weighted by molar-refractivity contribution is 0.163. The van der Waals surface area contributed by atoms with Gasteiger partial charge < -0.3 is 14.2 Å². The fraction of sp³-hybridized carbons (Fsp3) is 0.214. The molecule has 8 heteroatoms. The van der Waals surface area contributed by atoms with Crippen LogP contribution in [0.3, 0.4) is 0 Å². The number of benzene rings is 1. The quantitative estimate of drug-likeness (QED) is 0.794. The molecule has 0 aliphatic carbocycles. The van der Waals surface area contributed by atoms with E-state index in [-0.39, 0.29) is 10.8 Å². The molecule has 0 amide bonds. The summed E-state index contributed by atoms with van der Waals surface area (Å²) >= 11 is 0. The zero-order chi connectivity index (χ0) is 15.6. The van der Waals surface area contributed by atoms with Gasteiger partial charge in [0.25, 0.3) is 0 Å². The molecule has 1 atom stereocenters. The maximum absolute atomic E-state index is 12.2. The molecule has 116 valence electrons. The summed E-state index contributed by atoms with van der Waals surface area (Å²) in [6, 6.07) is 10.9. The van der Waals surface area contributed by atoms with E-state index in [9.17, 15) is 13.5 Å². The van der Waals surface area contributed by atoms with Crippen LogP contribution >= 0.6 is 0 Å². The number of nitrogens with one attached hydrogen (secondary N) is 1. The minimum Gasteiger partial charge on any atom is -0.361 e. The molecular formula is C14H15N3O4S. The Morgan fingerprint density at radius 1 is 1.23 bits per heavy atom. The lowest BCUT2D eigenvalue weighted by atomic mass is 10.3. The molecule has 0 radical (unpaired) electrons. The molecule has 7 nitrogen and oxygen atoms in total. The van der Waals surface area contributed by atoms with Gasteiger partial charge in [-0.3, -0.25) is 5.32 Å². The zero-order valence-corrected chi connectivity index (χ0v) is 12.4. The monoisotopic (exact) mass is 321 g/mol. The molecule has 1 saturated heterocycles. The van der Waals surface area contributed by atoms with E-state index < -0.39 is 16.5 Å². The molecule has 0 spiro atoms. The van der Waals surface area contributed by atoms with Crippen molar-refractivity contribution >= 4 is 15.8 Å². The van der Waals surface area contributed by atoms with Gasteiger partial charge in [0, 0.05) is 31.0 Å². The third-order valence-corrected chi connectivity index (χ3v) is 4.50. The minimum atomic E-state index is -3.93. The van der Waals surface area contributed by atoms with E-state index in [1.165, 1.54) is 24.4 Å². The number of nitrogens with zero attached hydrogens (tertiary/aromatic N) is 2. The van der Waals surface area contributed by atoms with Gasteiger partial charge in [-0.15, -0.1) is 0 Å². The first-order valence-corrected chi connectivity index (χ1v) is 8.11. The second-order valence-electron chi connectivity index (χ2n) is 4.72. The van der Waals surface area contributed by atoms with Crippen LogP contribution in [0.5, 0.6) is 5.88 Å². The molecule has 2 N–H and O–H groups in total. The van der Waals surface area contributed by atoms with Gasteiger partial charge in [-0.25, -0.2) is 4.98 Å². The lowest BCUT2D eigenvalue weighted by Gasteiger charge is -2.21. The topological polar surface area (TPSA) is 91.8 Å². The van der Waals surface area contributed by atoms with Gasteiger partial charge in [0.1, 0.15) is 4.90 Å². The molecule has 1 aromatic heterocycles. The molecule has 1 fully saturated rings. The highest BCUT2D eigenvalue weighted by Crippen LogP contribution is 2.22. The average molecular weight is 321 g/mol. The third-order valence-electron chi connectivity index (χ3n) is 3.26. The second kappa shape index (κ2) is 5.91. The number of rotatable bonds is 4. The molecule has 3 rings (SSSR count). The SMILES string of the molecule is O=S(=O)(Oc1ccccn1)c1ccc(N2CCNC2O)cc1. The largest absolute Gasteiger partial charge is 0.361 e. The first-order chi connectivity index (χ1) is 10.6. The van der Waals surface area contributed by atoms with Crippen LogP contribution in [0.25, 0.3) is 0 Å². The Bertz CT molecular complexity index is 734. The van der Waals surface area contributed by atoms with Crippen LogP contribution < -0.4 is 14.4 Å². The maximum atomic E-state index is 12.2. The Morgan fingerprint density at radius 2 is 2.00 bits per heavy atom. The summed E-state index contributed by atoms with van der Waals surface area (Å²) in [5.74, 6) is 0.0192. The summed E-state index contributed by atoms with van der Waals surface area (Å²) in [6.45, 7) is 1.32. The second-order valence-corrected chi connectivity index (χ2v) is 6.27. The van der Waals surface area contributed by atoms with Crippen molar-refractivity contribution in [3.05, 3.63) is 48.7 Å². The fourth-order valence-electron chi connectivity index (χ4n) is 2.18. The van der Waals surface area contributed by atoms with Gasteiger partial charge in [-0.2, -0.15) is 8.42 Å². The van der Waals surface area contributed by atoms with Crippen LogP contribution in [0, 0.1) is 0 Å². The average Bonchev–Trinajstić information content (AvgIpc) is 2.94. The van der Waals surface area contributed by atoms with E-state index in [1.807, 2.05) is 0 Å². The predicted molar refractivity (Wildman–Crippen MR) is 79.8 cm³/mol. The molecule has 2 aromatic rings. The van der Waals surface area contributed by atoms with Crippen molar-refractivity contribution in [1.29, 1.82) is 0 Å².